The van der Waals surface area contributed by atoms with Crippen molar-refractivity contribution < 1.29 is 24.9 Å². The Hall–Kier alpha value is -1.91. The largest absolute Gasteiger partial charge is 0.511 e. The Balaban J connectivity index is 2.06. The van der Waals surface area contributed by atoms with Crippen LogP contribution in [0.2, 0.25) is 0 Å². The number of aromatic hydroxyl groups is 2. The van der Waals surface area contributed by atoms with Gasteiger partial charge in [0.1, 0.15) is 0 Å². The molecular weight excluding hydrogens is 344 g/mol. The molecule has 0 unspecified atom stereocenters. The molecule has 0 aliphatic carbocycles. The first-order valence-electron chi connectivity index (χ1n) is 10.5. The fraction of sp³-hybridized carbons (Fsp3) is 0.682. The van der Waals surface area contributed by atoms with Crippen LogP contribution >= 0.6 is 0 Å². The van der Waals surface area contributed by atoms with E-state index in [1.807, 2.05) is 0 Å². The second kappa shape index (κ2) is 14.2. The minimum atomic E-state index is -1.56. The number of phenolic OH excluding ortho intramolecular Hbond substituents is 2. The first-order chi connectivity index (χ1) is 13.0. The molecule has 0 atom stereocenters. The van der Waals surface area contributed by atoms with Gasteiger partial charge in [-0.2, -0.15) is 0 Å². The highest BCUT2D eigenvalue weighted by atomic mass is 16.7. The predicted molar refractivity (Wildman–Crippen MR) is 108 cm³/mol. The van der Waals surface area contributed by atoms with Crippen LogP contribution in [0.1, 0.15) is 96.0 Å². The summed E-state index contributed by atoms with van der Waals surface area (Å²) in [6, 6.07) is 2.91. The van der Waals surface area contributed by atoms with Crippen molar-refractivity contribution >= 4 is 6.16 Å². The minimum Gasteiger partial charge on any atom is -0.504 e. The minimum absolute atomic E-state index is 0.345. The predicted octanol–water partition coefficient (Wildman–Crippen LogP) is 6.79. The summed E-state index contributed by atoms with van der Waals surface area (Å²) in [5, 5.41) is 28.1. The zero-order chi connectivity index (χ0) is 19.9. The van der Waals surface area contributed by atoms with E-state index in [-0.39, 0.29) is 11.5 Å². The van der Waals surface area contributed by atoms with Crippen molar-refractivity contribution in [3.05, 3.63) is 17.7 Å². The molecule has 1 rings (SSSR count). The smallest absolute Gasteiger partial charge is 0.504 e. The highest BCUT2D eigenvalue weighted by Crippen LogP contribution is 2.37. The van der Waals surface area contributed by atoms with Gasteiger partial charge in [0.15, 0.2) is 11.5 Å². The van der Waals surface area contributed by atoms with E-state index in [4.69, 9.17) is 5.11 Å². The van der Waals surface area contributed by atoms with Gasteiger partial charge in [0.05, 0.1) is 0 Å². The molecule has 5 nitrogen and oxygen atoms in total. The van der Waals surface area contributed by atoms with Crippen molar-refractivity contribution in [1.82, 2.24) is 0 Å². The highest BCUT2D eigenvalue weighted by molar-refractivity contribution is 5.66. The molecule has 154 valence electrons. The molecule has 0 saturated carbocycles. The van der Waals surface area contributed by atoms with Gasteiger partial charge in [0, 0.05) is 0 Å². The van der Waals surface area contributed by atoms with E-state index in [2.05, 4.69) is 11.7 Å². The van der Waals surface area contributed by atoms with Crippen LogP contribution in [-0.4, -0.2) is 21.5 Å². The molecule has 0 bridgehead atoms. The van der Waals surface area contributed by atoms with Gasteiger partial charge in [0.2, 0.25) is 5.75 Å². The van der Waals surface area contributed by atoms with Gasteiger partial charge in [0.25, 0.3) is 0 Å². The Morgan fingerprint density at radius 2 is 1.19 bits per heavy atom. The van der Waals surface area contributed by atoms with Gasteiger partial charge in [-0.25, -0.2) is 4.79 Å². The number of phenols is 2. The molecule has 3 N–H and O–H groups in total. The van der Waals surface area contributed by atoms with E-state index in [1.165, 1.54) is 82.8 Å². The van der Waals surface area contributed by atoms with Gasteiger partial charge in [-0.05, 0) is 30.5 Å². The van der Waals surface area contributed by atoms with Gasteiger partial charge < -0.3 is 20.1 Å². The normalized spacial score (nSPS) is 10.9. The lowest BCUT2D eigenvalue weighted by Gasteiger charge is -2.09. The van der Waals surface area contributed by atoms with Gasteiger partial charge in [-0.3, -0.25) is 0 Å². The van der Waals surface area contributed by atoms with Crippen LogP contribution in [0.4, 0.5) is 4.79 Å². The van der Waals surface area contributed by atoms with Gasteiger partial charge >= 0.3 is 6.16 Å². The average Bonchev–Trinajstić information content (AvgIpc) is 2.62. The summed E-state index contributed by atoms with van der Waals surface area (Å²) in [6.45, 7) is 2.25. The quantitative estimate of drug-likeness (QED) is 0.177. The van der Waals surface area contributed by atoms with E-state index in [1.54, 1.807) is 0 Å². The molecule has 0 spiro atoms. The lowest BCUT2D eigenvalue weighted by atomic mass is 10.0. The number of aryl methyl sites for hydroxylation is 1. The number of hydrogen-bond donors (Lipinski definition) is 3. The molecule has 0 aliphatic rings. The monoisotopic (exact) mass is 380 g/mol. The zero-order valence-electron chi connectivity index (χ0n) is 16.7. The third kappa shape index (κ3) is 10.7. The summed E-state index contributed by atoms with van der Waals surface area (Å²) in [5.74, 6) is -1.10. The lowest BCUT2D eigenvalue weighted by Crippen LogP contribution is -2.03. The first-order valence-corrected chi connectivity index (χ1v) is 10.5. The number of rotatable bonds is 15. The van der Waals surface area contributed by atoms with E-state index >= 15 is 0 Å². The number of unbranched alkanes of at least 4 members (excludes halogenated alkanes) is 12. The van der Waals surface area contributed by atoms with Crippen LogP contribution in [0.3, 0.4) is 0 Å². The number of ether oxygens (including phenoxy) is 1. The fourth-order valence-corrected chi connectivity index (χ4v) is 3.34. The Morgan fingerprint density at radius 3 is 1.59 bits per heavy atom. The Bertz CT molecular complexity index is 518. The molecule has 27 heavy (non-hydrogen) atoms. The van der Waals surface area contributed by atoms with Crippen LogP contribution < -0.4 is 4.74 Å². The number of carbonyl (C=O) groups is 1. The van der Waals surface area contributed by atoms with Crippen LogP contribution in [0, 0.1) is 0 Å². The Labute approximate surface area is 163 Å². The third-order valence-corrected chi connectivity index (χ3v) is 4.87. The number of carboxylic acid groups (broad SMARTS) is 1. The molecule has 1 aromatic carbocycles. The standard InChI is InChI=1S/C22H36O5/c1-2-3-4-5-6-7-8-9-10-11-12-13-14-15-18-16-19(23)21(20(24)17-18)27-22(25)26/h16-17,23-24H,2-15H2,1H3,(H,25,26). The average molecular weight is 381 g/mol. The molecule has 5 heteroatoms. The van der Waals surface area contributed by atoms with Crippen molar-refractivity contribution in [3.63, 3.8) is 0 Å². The Kier molecular flexibility index (Phi) is 12.2. The van der Waals surface area contributed by atoms with E-state index in [0.29, 0.717) is 0 Å². The molecule has 0 amide bonds. The van der Waals surface area contributed by atoms with Crippen LogP contribution in [-0.2, 0) is 6.42 Å². The van der Waals surface area contributed by atoms with Crippen molar-refractivity contribution in [1.29, 1.82) is 0 Å². The molecule has 0 aromatic heterocycles. The molecule has 0 saturated heterocycles. The maximum atomic E-state index is 10.5. The van der Waals surface area contributed by atoms with E-state index < -0.39 is 11.9 Å². The van der Waals surface area contributed by atoms with Crippen LogP contribution in [0.15, 0.2) is 12.1 Å². The maximum absolute atomic E-state index is 10.5. The molecule has 0 radical (unpaired) electrons. The zero-order valence-corrected chi connectivity index (χ0v) is 16.7. The summed E-state index contributed by atoms with van der Waals surface area (Å²) in [7, 11) is 0. The highest BCUT2D eigenvalue weighted by Gasteiger charge is 2.14. The summed E-state index contributed by atoms with van der Waals surface area (Å²) < 4.78 is 4.37. The fourth-order valence-electron chi connectivity index (χ4n) is 3.34. The lowest BCUT2D eigenvalue weighted by molar-refractivity contribution is 0.141. The van der Waals surface area contributed by atoms with E-state index in [0.717, 1.165) is 24.8 Å². The third-order valence-electron chi connectivity index (χ3n) is 4.87. The molecule has 0 fully saturated rings. The first kappa shape index (κ1) is 23.1. The van der Waals surface area contributed by atoms with Crippen molar-refractivity contribution in [2.24, 2.45) is 0 Å². The number of benzene rings is 1. The maximum Gasteiger partial charge on any atom is 0.511 e. The summed E-state index contributed by atoms with van der Waals surface area (Å²) >= 11 is 0. The topological polar surface area (TPSA) is 87.0 Å². The molecule has 0 heterocycles. The molecular formula is C22H36O5. The van der Waals surface area contributed by atoms with Crippen molar-refractivity contribution in [3.8, 4) is 17.2 Å². The second-order valence-electron chi connectivity index (χ2n) is 7.32. The number of hydrogen-bond acceptors (Lipinski definition) is 4. The Morgan fingerprint density at radius 1 is 0.778 bits per heavy atom. The van der Waals surface area contributed by atoms with Crippen molar-refractivity contribution in [2.75, 3.05) is 0 Å². The van der Waals surface area contributed by atoms with Crippen molar-refractivity contribution in [2.45, 2.75) is 96.8 Å². The van der Waals surface area contributed by atoms with E-state index in [9.17, 15) is 15.0 Å². The van der Waals surface area contributed by atoms with Gasteiger partial charge in [-0.1, -0.05) is 84.0 Å². The SMILES string of the molecule is CCCCCCCCCCCCCCCc1cc(O)c(OC(=O)O)c(O)c1. The summed E-state index contributed by atoms with van der Waals surface area (Å²) in [4.78, 5) is 10.5. The van der Waals surface area contributed by atoms with Crippen LogP contribution in [0.25, 0.3) is 0 Å². The summed E-state index contributed by atoms with van der Waals surface area (Å²) in [6.07, 6.45) is 16.0. The molecule has 1 aromatic rings. The second-order valence-corrected chi connectivity index (χ2v) is 7.32. The van der Waals surface area contributed by atoms with Gasteiger partial charge in [-0.15, -0.1) is 0 Å². The molecule has 0 aliphatic heterocycles. The summed E-state index contributed by atoms with van der Waals surface area (Å²) in [5.41, 5.74) is 0.783. The van der Waals surface area contributed by atoms with Crippen LogP contribution in [0.5, 0.6) is 17.2 Å².